The largest absolute Gasteiger partial charge is 0.341 e. The zero-order chi connectivity index (χ0) is 15.6. The van der Waals surface area contributed by atoms with Crippen molar-refractivity contribution >= 4 is 10.8 Å². The first-order valence-electron chi connectivity index (χ1n) is 8.59. The number of nitrogens with zero attached hydrogens (tertiary/aromatic N) is 1. The van der Waals surface area contributed by atoms with Gasteiger partial charge in [-0.2, -0.15) is 0 Å². The van der Waals surface area contributed by atoms with Crippen molar-refractivity contribution < 1.29 is 0 Å². The van der Waals surface area contributed by atoms with Crippen molar-refractivity contribution in [3.63, 3.8) is 0 Å². The fraction of sp³-hybridized carbons (Fsp3) is 0.350. The summed E-state index contributed by atoms with van der Waals surface area (Å²) >= 11 is 0. The molecule has 1 aliphatic rings. The minimum Gasteiger partial charge on any atom is -0.341 e. The van der Waals surface area contributed by atoms with Gasteiger partial charge in [-0.25, -0.2) is 4.98 Å². The number of hydrogen-bond donors (Lipinski definition) is 2. The Morgan fingerprint density at radius 2 is 1.87 bits per heavy atom. The zero-order valence-corrected chi connectivity index (χ0v) is 13.6. The van der Waals surface area contributed by atoms with Crippen LogP contribution in [0.1, 0.15) is 43.1 Å². The Morgan fingerprint density at radius 1 is 1.00 bits per heavy atom. The molecule has 2 heterocycles. The van der Waals surface area contributed by atoms with Crippen LogP contribution in [-0.2, 0) is 0 Å². The van der Waals surface area contributed by atoms with E-state index >= 15 is 0 Å². The third-order valence-electron chi connectivity index (χ3n) is 4.79. The predicted octanol–water partition coefficient (Wildman–Crippen LogP) is 4.74. The van der Waals surface area contributed by atoms with E-state index < -0.39 is 0 Å². The molecule has 0 radical (unpaired) electrons. The normalized spacial score (nSPS) is 18.9. The lowest BCUT2D eigenvalue weighted by molar-refractivity contribution is 0.512. The van der Waals surface area contributed by atoms with Crippen LogP contribution in [0.3, 0.4) is 0 Å². The monoisotopic (exact) mass is 305 g/mol. The van der Waals surface area contributed by atoms with Crippen molar-refractivity contribution in [2.45, 2.75) is 38.6 Å². The Hall–Kier alpha value is -2.13. The number of benzene rings is 2. The van der Waals surface area contributed by atoms with E-state index in [1.807, 2.05) is 6.20 Å². The highest BCUT2D eigenvalue weighted by molar-refractivity contribution is 5.87. The van der Waals surface area contributed by atoms with Crippen LogP contribution in [0.15, 0.2) is 42.6 Å². The molecule has 0 bridgehead atoms. The molecule has 1 fully saturated rings. The van der Waals surface area contributed by atoms with Crippen LogP contribution < -0.4 is 5.32 Å². The lowest BCUT2D eigenvalue weighted by Gasteiger charge is -2.12. The van der Waals surface area contributed by atoms with Gasteiger partial charge in [0.1, 0.15) is 5.82 Å². The standard InChI is InChI=1S/C20H23N3/c1-14-6-7-16-12-17(9-8-15(16)11-14)19-13-22-20(23-19)18-5-3-2-4-10-21-18/h6-9,11-13,18,21H,2-5,10H2,1H3,(H,22,23). The summed E-state index contributed by atoms with van der Waals surface area (Å²) < 4.78 is 0. The molecule has 3 heteroatoms. The fourth-order valence-corrected chi connectivity index (χ4v) is 3.46. The molecular formula is C20H23N3. The van der Waals surface area contributed by atoms with Crippen molar-refractivity contribution in [2.24, 2.45) is 0 Å². The van der Waals surface area contributed by atoms with Gasteiger partial charge in [0.2, 0.25) is 0 Å². The number of aromatic amines is 1. The molecule has 2 N–H and O–H groups in total. The Balaban J connectivity index is 1.64. The van der Waals surface area contributed by atoms with Gasteiger partial charge in [-0.3, -0.25) is 0 Å². The van der Waals surface area contributed by atoms with E-state index in [1.165, 1.54) is 47.6 Å². The molecule has 4 rings (SSSR count). The van der Waals surface area contributed by atoms with E-state index in [0.717, 1.165) is 18.1 Å². The van der Waals surface area contributed by atoms with Crippen molar-refractivity contribution in [3.8, 4) is 11.3 Å². The molecule has 3 nitrogen and oxygen atoms in total. The maximum Gasteiger partial charge on any atom is 0.123 e. The number of aromatic nitrogens is 2. The van der Waals surface area contributed by atoms with Gasteiger partial charge in [0.15, 0.2) is 0 Å². The molecule has 2 aromatic carbocycles. The first kappa shape index (κ1) is 14.5. The minimum absolute atomic E-state index is 0.370. The summed E-state index contributed by atoms with van der Waals surface area (Å²) in [6.07, 6.45) is 7.01. The second-order valence-electron chi connectivity index (χ2n) is 6.60. The first-order chi connectivity index (χ1) is 11.3. The van der Waals surface area contributed by atoms with Gasteiger partial charge in [0, 0.05) is 5.56 Å². The Bertz CT molecular complexity index is 811. The SMILES string of the molecule is Cc1ccc2cc(-c3cnc(C4CCCCCN4)[nH]3)ccc2c1. The van der Waals surface area contributed by atoms with E-state index in [1.54, 1.807) is 0 Å². The maximum absolute atomic E-state index is 4.63. The Labute approximate surface area is 137 Å². The summed E-state index contributed by atoms with van der Waals surface area (Å²) in [4.78, 5) is 8.16. The average Bonchev–Trinajstić information content (AvgIpc) is 2.90. The number of imidazole rings is 1. The molecule has 1 saturated heterocycles. The Kier molecular flexibility index (Phi) is 3.88. The van der Waals surface area contributed by atoms with Crippen molar-refractivity contribution in [3.05, 3.63) is 54.0 Å². The summed E-state index contributed by atoms with van der Waals surface area (Å²) in [7, 11) is 0. The molecule has 118 valence electrons. The van der Waals surface area contributed by atoms with Crippen LogP contribution in [0.25, 0.3) is 22.0 Å². The lowest BCUT2D eigenvalue weighted by atomic mass is 10.0. The van der Waals surface area contributed by atoms with E-state index in [0.29, 0.717) is 6.04 Å². The molecule has 1 atom stereocenters. The van der Waals surface area contributed by atoms with Crippen molar-refractivity contribution in [1.29, 1.82) is 0 Å². The topological polar surface area (TPSA) is 40.7 Å². The number of hydrogen-bond acceptors (Lipinski definition) is 2. The van der Waals surface area contributed by atoms with Gasteiger partial charge in [0.25, 0.3) is 0 Å². The highest BCUT2D eigenvalue weighted by Gasteiger charge is 2.17. The third-order valence-corrected chi connectivity index (χ3v) is 4.79. The molecule has 1 aromatic heterocycles. The quantitative estimate of drug-likeness (QED) is 0.717. The van der Waals surface area contributed by atoms with Crippen molar-refractivity contribution in [1.82, 2.24) is 15.3 Å². The molecule has 1 unspecified atom stereocenters. The highest BCUT2D eigenvalue weighted by atomic mass is 15.0. The molecule has 1 aliphatic heterocycles. The predicted molar refractivity (Wildman–Crippen MR) is 95.5 cm³/mol. The van der Waals surface area contributed by atoms with E-state index in [4.69, 9.17) is 0 Å². The fourth-order valence-electron chi connectivity index (χ4n) is 3.46. The van der Waals surface area contributed by atoms with Crippen LogP contribution in [0.2, 0.25) is 0 Å². The van der Waals surface area contributed by atoms with Gasteiger partial charge in [-0.05, 0) is 43.1 Å². The van der Waals surface area contributed by atoms with Gasteiger partial charge >= 0.3 is 0 Å². The number of H-pyrrole nitrogens is 1. The minimum atomic E-state index is 0.370. The first-order valence-corrected chi connectivity index (χ1v) is 8.59. The molecule has 0 aliphatic carbocycles. The highest BCUT2D eigenvalue weighted by Crippen LogP contribution is 2.26. The second-order valence-corrected chi connectivity index (χ2v) is 6.60. The summed E-state index contributed by atoms with van der Waals surface area (Å²) in [6.45, 7) is 3.23. The summed E-state index contributed by atoms with van der Waals surface area (Å²) in [5.41, 5.74) is 3.61. The number of rotatable bonds is 2. The summed E-state index contributed by atoms with van der Waals surface area (Å²) in [5, 5.41) is 6.17. The molecule has 0 amide bonds. The van der Waals surface area contributed by atoms with E-state index in [2.05, 4.69) is 58.6 Å². The second kappa shape index (κ2) is 6.17. The van der Waals surface area contributed by atoms with Gasteiger partial charge in [0.05, 0.1) is 17.9 Å². The van der Waals surface area contributed by atoms with E-state index in [9.17, 15) is 0 Å². The number of fused-ring (bicyclic) bond motifs is 1. The van der Waals surface area contributed by atoms with Gasteiger partial charge in [-0.1, -0.05) is 48.7 Å². The van der Waals surface area contributed by atoms with Crippen LogP contribution >= 0.6 is 0 Å². The van der Waals surface area contributed by atoms with Gasteiger partial charge < -0.3 is 10.3 Å². The maximum atomic E-state index is 4.63. The molecule has 0 saturated carbocycles. The van der Waals surface area contributed by atoms with Crippen LogP contribution in [-0.4, -0.2) is 16.5 Å². The molecule has 3 aromatic rings. The smallest absolute Gasteiger partial charge is 0.123 e. The van der Waals surface area contributed by atoms with Crippen LogP contribution in [0, 0.1) is 6.92 Å². The molecule has 23 heavy (non-hydrogen) atoms. The van der Waals surface area contributed by atoms with Crippen LogP contribution in [0.5, 0.6) is 0 Å². The summed E-state index contributed by atoms with van der Waals surface area (Å²) in [6, 6.07) is 13.6. The summed E-state index contributed by atoms with van der Waals surface area (Å²) in [5.74, 6) is 1.07. The Morgan fingerprint density at radius 3 is 2.83 bits per heavy atom. The molecular weight excluding hydrogens is 282 g/mol. The van der Waals surface area contributed by atoms with Crippen LogP contribution in [0.4, 0.5) is 0 Å². The average molecular weight is 305 g/mol. The number of aryl methyl sites for hydroxylation is 1. The van der Waals surface area contributed by atoms with Crippen molar-refractivity contribution in [2.75, 3.05) is 6.54 Å². The van der Waals surface area contributed by atoms with E-state index in [-0.39, 0.29) is 0 Å². The third kappa shape index (κ3) is 3.02. The number of nitrogens with one attached hydrogen (secondary N) is 2. The van der Waals surface area contributed by atoms with Gasteiger partial charge in [-0.15, -0.1) is 0 Å². The molecule has 0 spiro atoms. The zero-order valence-electron chi connectivity index (χ0n) is 13.6. The lowest BCUT2D eigenvalue weighted by Crippen LogP contribution is -2.21.